The Morgan fingerprint density at radius 3 is 2.86 bits per heavy atom. The molecule has 1 aromatic rings. The first-order valence-electron chi connectivity index (χ1n) is 7.96. The lowest BCUT2D eigenvalue weighted by Crippen LogP contribution is -2.38. The molecule has 0 aliphatic heterocycles. The van der Waals surface area contributed by atoms with E-state index < -0.39 is 0 Å². The molecule has 0 amide bonds. The van der Waals surface area contributed by atoms with Gasteiger partial charge in [-0.2, -0.15) is 0 Å². The number of ether oxygens (including phenoxy) is 1. The monoisotopic (exact) mass is 416 g/mol. The zero-order valence-electron chi connectivity index (χ0n) is 13.0. The first-order valence-corrected chi connectivity index (χ1v) is 7.96. The maximum absolute atomic E-state index is 5.71. The lowest BCUT2D eigenvalue weighted by Gasteiger charge is -2.10. The summed E-state index contributed by atoms with van der Waals surface area (Å²) in [5, 5.41) is 6.70. The van der Waals surface area contributed by atoms with Gasteiger partial charge in [0.2, 0.25) is 5.88 Å². The van der Waals surface area contributed by atoms with Gasteiger partial charge in [-0.15, -0.1) is 24.0 Å². The minimum Gasteiger partial charge on any atom is -0.477 e. The number of aromatic nitrogens is 1. The molecule has 0 saturated heterocycles. The Balaban J connectivity index is 0.00000176. The van der Waals surface area contributed by atoms with Gasteiger partial charge in [0.1, 0.15) is 0 Å². The molecule has 2 N–H and O–H groups in total. The maximum Gasteiger partial charge on any atom is 0.213 e. The molecule has 5 nitrogen and oxygen atoms in total. The number of aliphatic imine (C=N–C) groups is 1. The zero-order valence-corrected chi connectivity index (χ0v) is 15.4. The summed E-state index contributed by atoms with van der Waals surface area (Å²) in [7, 11) is 0. The van der Waals surface area contributed by atoms with Crippen LogP contribution in [0.25, 0.3) is 0 Å². The summed E-state index contributed by atoms with van der Waals surface area (Å²) < 4.78 is 5.71. The Morgan fingerprint density at radius 2 is 2.18 bits per heavy atom. The van der Waals surface area contributed by atoms with E-state index in [-0.39, 0.29) is 24.0 Å². The smallest absolute Gasteiger partial charge is 0.213 e. The summed E-state index contributed by atoms with van der Waals surface area (Å²) in [5.41, 5.74) is 1.13. The summed E-state index contributed by atoms with van der Waals surface area (Å²) in [6, 6.07) is 4.60. The number of guanidine groups is 1. The topological polar surface area (TPSA) is 58.5 Å². The van der Waals surface area contributed by atoms with Crippen LogP contribution in [0.3, 0.4) is 0 Å². The van der Waals surface area contributed by atoms with Crippen LogP contribution < -0.4 is 15.4 Å². The molecule has 0 aromatic carbocycles. The van der Waals surface area contributed by atoms with Gasteiger partial charge in [0.05, 0.1) is 13.2 Å². The normalized spacial score (nSPS) is 17.6. The van der Waals surface area contributed by atoms with Crippen LogP contribution in [0.2, 0.25) is 0 Å². The predicted octanol–water partition coefficient (Wildman–Crippen LogP) is 2.71. The average molecular weight is 416 g/mol. The van der Waals surface area contributed by atoms with E-state index in [4.69, 9.17) is 4.74 Å². The number of nitrogens with zero attached hydrogens (tertiary/aromatic N) is 2. The molecule has 0 atom stereocenters. The standard InChI is InChI=1S/C16H24N4O.HI/c1-2-17-16(20-14-5-6-14)19-10-13-7-8-18-15(9-13)21-11-12-3-4-12;/h7-9,12,14H,2-6,10-11H2,1H3,(H2,17,19,20);1H. The van der Waals surface area contributed by atoms with Crippen LogP contribution in [-0.4, -0.2) is 30.1 Å². The molecule has 0 radical (unpaired) electrons. The van der Waals surface area contributed by atoms with Gasteiger partial charge in [0.25, 0.3) is 0 Å². The highest BCUT2D eigenvalue weighted by atomic mass is 127. The van der Waals surface area contributed by atoms with Crippen LogP contribution in [0, 0.1) is 5.92 Å². The molecule has 122 valence electrons. The van der Waals surface area contributed by atoms with Crippen molar-refractivity contribution in [1.29, 1.82) is 0 Å². The van der Waals surface area contributed by atoms with Gasteiger partial charge in [-0.1, -0.05) is 0 Å². The van der Waals surface area contributed by atoms with E-state index in [1.54, 1.807) is 6.20 Å². The molecular weight excluding hydrogens is 391 g/mol. The quantitative estimate of drug-likeness (QED) is 0.408. The molecule has 6 heteroatoms. The van der Waals surface area contributed by atoms with Gasteiger partial charge in [0.15, 0.2) is 5.96 Å². The molecular formula is C16H25IN4O. The summed E-state index contributed by atoms with van der Waals surface area (Å²) in [5.74, 6) is 2.36. The van der Waals surface area contributed by atoms with Crippen molar-refractivity contribution in [2.24, 2.45) is 10.9 Å². The first kappa shape index (κ1) is 17.3. The molecule has 2 aliphatic rings. The van der Waals surface area contributed by atoms with Gasteiger partial charge in [-0.05, 0) is 50.2 Å². The van der Waals surface area contributed by atoms with Crippen LogP contribution in [-0.2, 0) is 6.54 Å². The molecule has 3 rings (SSSR count). The second kappa shape index (κ2) is 8.55. The number of rotatable bonds is 7. The fraction of sp³-hybridized carbons (Fsp3) is 0.625. The van der Waals surface area contributed by atoms with Gasteiger partial charge in [0, 0.05) is 24.8 Å². The van der Waals surface area contributed by atoms with Gasteiger partial charge in [-0.3, -0.25) is 0 Å². The third-order valence-corrected chi connectivity index (χ3v) is 3.65. The number of hydrogen-bond donors (Lipinski definition) is 2. The van der Waals surface area contributed by atoms with E-state index in [9.17, 15) is 0 Å². The van der Waals surface area contributed by atoms with Gasteiger partial charge >= 0.3 is 0 Å². The van der Waals surface area contributed by atoms with Gasteiger partial charge < -0.3 is 15.4 Å². The largest absolute Gasteiger partial charge is 0.477 e. The number of hydrogen-bond acceptors (Lipinski definition) is 3. The third-order valence-electron chi connectivity index (χ3n) is 3.65. The van der Waals surface area contributed by atoms with Crippen molar-refractivity contribution in [3.05, 3.63) is 23.9 Å². The van der Waals surface area contributed by atoms with Crippen LogP contribution >= 0.6 is 24.0 Å². The van der Waals surface area contributed by atoms with Crippen molar-refractivity contribution >= 4 is 29.9 Å². The van der Waals surface area contributed by atoms with Crippen molar-refractivity contribution in [3.8, 4) is 5.88 Å². The Morgan fingerprint density at radius 1 is 1.36 bits per heavy atom. The van der Waals surface area contributed by atoms with Crippen LogP contribution in [0.15, 0.2) is 23.3 Å². The molecule has 1 aromatic heterocycles. The van der Waals surface area contributed by atoms with Crippen molar-refractivity contribution in [1.82, 2.24) is 15.6 Å². The Kier molecular flexibility index (Phi) is 6.72. The molecule has 22 heavy (non-hydrogen) atoms. The number of pyridine rings is 1. The Labute approximate surface area is 149 Å². The zero-order chi connectivity index (χ0) is 14.5. The van der Waals surface area contributed by atoms with Crippen molar-refractivity contribution < 1.29 is 4.74 Å². The van der Waals surface area contributed by atoms with Crippen molar-refractivity contribution in [2.45, 2.75) is 45.2 Å². The predicted molar refractivity (Wildman–Crippen MR) is 98.8 cm³/mol. The maximum atomic E-state index is 5.71. The lowest BCUT2D eigenvalue weighted by atomic mass is 10.3. The van der Waals surface area contributed by atoms with E-state index in [1.807, 2.05) is 12.1 Å². The minimum atomic E-state index is 0. The summed E-state index contributed by atoms with van der Waals surface area (Å²) >= 11 is 0. The Bertz CT molecular complexity index is 501. The lowest BCUT2D eigenvalue weighted by molar-refractivity contribution is 0.288. The molecule has 0 bridgehead atoms. The van der Waals surface area contributed by atoms with Crippen molar-refractivity contribution in [2.75, 3.05) is 13.2 Å². The van der Waals surface area contributed by atoms with E-state index >= 15 is 0 Å². The van der Waals surface area contributed by atoms with E-state index in [0.717, 1.165) is 36.5 Å². The van der Waals surface area contributed by atoms with Crippen LogP contribution in [0.1, 0.15) is 38.2 Å². The first-order chi connectivity index (χ1) is 10.3. The Hall–Kier alpha value is -1.05. The van der Waals surface area contributed by atoms with Crippen LogP contribution in [0.5, 0.6) is 5.88 Å². The summed E-state index contributed by atoms with van der Waals surface area (Å²) in [6.07, 6.45) is 6.89. The van der Waals surface area contributed by atoms with E-state index in [0.29, 0.717) is 12.6 Å². The highest BCUT2D eigenvalue weighted by molar-refractivity contribution is 14.0. The minimum absolute atomic E-state index is 0. The van der Waals surface area contributed by atoms with Crippen molar-refractivity contribution in [3.63, 3.8) is 0 Å². The molecule has 2 saturated carbocycles. The highest BCUT2D eigenvalue weighted by Gasteiger charge is 2.22. The number of nitrogens with one attached hydrogen (secondary N) is 2. The molecule has 2 fully saturated rings. The van der Waals surface area contributed by atoms with Crippen LogP contribution in [0.4, 0.5) is 0 Å². The SMILES string of the molecule is CCNC(=NCc1ccnc(OCC2CC2)c1)NC1CC1.I. The molecule has 0 spiro atoms. The van der Waals surface area contributed by atoms with E-state index in [2.05, 4.69) is 27.5 Å². The fourth-order valence-electron chi connectivity index (χ4n) is 2.03. The molecule has 2 aliphatic carbocycles. The second-order valence-electron chi connectivity index (χ2n) is 5.87. The summed E-state index contributed by atoms with van der Waals surface area (Å²) in [6.45, 7) is 4.40. The molecule has 0 unspecified atom stereocenters. The van der Waals surface area contributed by atoms with Gasteiger partial charge in [-0.25, -0.2) is 9.98 Å². The fourth-order valence-corrected chi connectivity index (χ4v) is 2.03. The van der Waals surface area contributed by atoms with E-state index in [1.165, 1.54) is 25.7 Å². The second-order valence-corrected chi connectivity index (χ2v) is 5.87. The number of halogens is 1. The highest BCUT2D eigenvalue weighted by Crippen LogP contribution is 2.29. The average Bonchev–Trinajstić information content (AvgIpc) is 3.37. The third kappa shape index (κ3) is 5.98. The molecule has 1 heterocycles. The summed E-state index contributed by atoms with van der Waals surface area (Å²) in [4.78, 5) is 8.88.